The van der Waals surface area contributed by atoms with Crippen LogP contribution in [0.25, 0.3) is 0 Å². The average molecular weight is 311 g/mol. The molecule has 128 valence electrons. The Balaban J connectivity index is 1.78. The maximum absolute atomic E-state index is 12.7. The van der Waals surface area contributed by atoms with Gasteiger partial charge in [0.2, 0.25) is 5.91 Å². The van der Waals surface area contributed by atoms with Crippen LogP contribution < -0.4 is 0 Å². The van der Waals surface area contributed by atoms with E-state index in [-0.39, 0.29) is 6.04 Å². The van der Waals surface area contributed by atoms with Crippen molar-refractivity contribution in [2.75, 3.05) is 53.5 Å². The van der Waals surface area contributed by atoms with Crippen LogP contribution in [0.3, 0.4) is 0 Å². The summed E-state index contributed by atoms with van der Waals surface area (Å²) >= 11 is 0. The Labute approximate surface area is 135 Å². The molecule has 0 spiro atoms. The van der Waals surface area contributed by atoms with Crippen molar-refractivity contribution in [1.82, 2.24) is 14.7 Å². The van der Waals surface area contributed by atoms with Crippen LogP contribution in [0.5, 0.6) is 0 Å². The number of hydrogen-bond acceptors (Lipinski definition) is 4. The molecule has 0 bridgehead atoms. The van der Waals surface area contributed by atoms with Gasteiger partial charge >= 0.3 is 0 Å². The summed E-state index contributed by atoms with van der Waals surface area (Å²) in [5, 5.41) is 0. The van der Waals surface area contributed by atoms with Crippen molar-refractivity contribution in [3.63, 3.8) is 0 Å². The maximum Gasteiger partial charge on any atom is 0.239 e. The van der Waals surface area contributed by atoms with Gasteiger partial charge in [-0.3, -0.25) is 14.6 Å². The quantitative estimate of drug-likeness (QED) is 0.743. The highest BCUT2D eigenvalue weighted by Crippen LogP contribution is 2.22. The minimum Gasteiger partial charge on any atom is -0.383 e. The van der Waals surface area contributed by atoms with Gasteiger partial charge in [0.15, 0.2) is 0 Å². The van der Waals surface area contributed by atoms with Crippen LogP contribution in [0.1, 0.15) is 39.0 Å². The normalized spacial score (nSPS) is 23.4. The van der Waals surface area contributed by atoms with Gasteiger partial charge in [-0.1, -0.05) is 19.3 Å². The van der Waals surface area contributed by atoms with Crippen molar-refractivity contribution in [2.45, 2.75) is 51.1 Å². The molecule has 5 heteroatoms. The van der Waals surface area contributed by atoms with E-state index < -0.39 is 0 Å². The van der Waals surface area contributed by atoms with Gasteiger partial charge in [-0.25, -0.2) is 0 Å². The van der Waals surface area contributed by atoms with Crippen LogP contribution in [0.15, 0.2) is 0 Å². The second-order valence-corrected chi connectivity index (χ2v) is 6.79. The number of carbonyl (C=O) groups is 1. The fourth-order valence-electron chi connectivity index (χ4n) is 3.69. The van der Waals surface area contributed by atoms with E-state index in [1.165, 1.54) is 32.1 Å². The maximum atomic E-state index is 12.7. The lowest BCUT2D eigenvalue weighted by molar-refractivity contribution is -0.138. The number of carbonyl (C=O) groups excluding carboxylic acids is 1. The third-order valence-electron chi connectivity index (χ3n) is 5.39. The monoisotopic (exact) mass is 311 g/mol. The fraction of sp³-hybridized carbons (Fsp3) is 0.941. The highest BCUT2D eigenvalue weighted by molar-refractivity contribution is 5.81. The average Bonchev–Trinajstić information content (AvgIpc) is 2.59. The minimum absolute atomic E-state index is 0.0106. The molecular weight excluding hydrogens is 278 g/mol. The molecule has 0 unspecified atom stereocenters. The van der Waals surface area contributed by atoms with Crippen molar-refractivity contribution in [3.05, 3.63) is 0 Å². The first-order chi connectivity index (χ1) is 10.6. The molecule has 2 rings (SSSR count). The zero-order chi connectivity index (χ0) is 15.9. The van der Waals surface area contributed by atoms with Crippen LogP contribution in [0, 0.1) is 0 Å². The molecule has 1 saturated carbocycles. The molecule has 1 amide bonds. The molecule has 0 N–H and O–H groups in total. The fourth-order valence-corrected chi connectivity index (χ4v) is 3.69. The molecule has 0 radical (unpaired) electrons. The Kier molecular flexibility index (Phi) is 7.12. The zero-order valence-electron chi connectivity index (χ0n) is 14.6. The lowest BCUT2D eigenvalue weighted by atomic mass is 9.94. The molecule has 1 heterocycles. The molecule has 5 nitrogen and oxygen atoms in total. The Morgan fingerprint density at radius 2 is 1.82 bits per heavy atom. The largest absolute Gasteiger partial charge is 0.383 e. The SMILES string of the molecule is COCCN1CCN([C@@H](C)C(=O)N(C)C2CCCCC2)CC1. The Hall–Kier alpha value is -0.650. The number of nitrogens with zero attached hydrogens (tertiary/aromatic N) is 3. The van der Waals surface area contributed by atoms with Crippen LogP contribution in [0.2, 0.25) is 0 Å². The summed E-state index contributed by atoms with van der Waals surface area (Å²) in [6.45, 7) is 7.90. The lowest BCUT2D eigenvalue weighted by Gasteiger charge is -2.40. The van der Waals surface area contributed by atoms with Crippen molar-refractivity contribution in [3.8, 4) is 0 Å². The molecular formula is C17H33N3O2. The summed E-state index contributed by atoms with van der Waals surface area (Å²) in [4.78, 5) is 19.5. The van der Waals surface area contributed by atoms with Crippen molar-refractivity contribution < 1.29 is 9.53 Å². The predicted octanol–water partition coefficient (Wildman–Crippen LogP) is 1.43. The topological polar surface area (TPSA) is 36.0 Å². The van der Waals surface area contributed by atoms with E-state index in [9.17, 15) is 4.79 Å². The summed E-state index contributed by atoms with van der Waals surface area (Å²) in [6, 6.07) is 0.475. The minimum atomic E-state index is 0.0106. The number of hydrogen-bond donors (Lipinski definition) is 0. The third kappa shape index (κ3) is 4.67. The molecule has 0 aromatic rings. The van der Waals surface area contributed by atoms with Gasteiger partial charge in [-0.15, -0.1) is 0 Å². The van der Waals surface area contributed by atoms with E-state index in [0.717, 1.165) is 39.3 Å². The summed E-state index contributed by atoms with van der Waals surface area (Å²) in [6.07, 6.45) is 6.24. The Morgan fingerprint density at radius 1 is 1.18 bits per heavy atom. The Morgan fingerprint density at radius 3 is 2.41 bits per heavy atom. The smallest absolute Gasteiger partial charge is 0.239 e. The second kappa shape index (κ2) is 8.85. The van der Waals surface area contributed by atoms with E-state index in [2.05, 4.69) is 16.7 Å². The van der Waals surface area contributed by atoms with E-state index in [4.69, 9.17) is 4.74 Å². The van der Waals surface area contributed by atoms with Crippen molar-refractivity contribution in [2.24, 2.45) is 0 Å². The summed E-state index contributed by atoms with van der Waals surface area (Å²) in [7, 11) is 3.75. The van der Waals surface area contributed by atoms with Crippen LogP contribution >= 0.6 is 0 Å². The van der Waals surface area contributed by atoms with E-state index in [1.54, 1.807) is 7.11 Å². The third-order valence-corrected chi connectivity index (χ3v) is 5.39. The van der Waals surface area contributed by atoms with Crippen LogP contribution in [-0.2, 0) is 9.53 Å². The summed E-state index contributed by atoms with van der Waals surface area (Å²) in [5.41, 5.74) is 0. The number of amides is 1. The zero-order valence-corrected chi connectivity index (χ0v) is 14.6. The Bertz CT molecular complexity index is 337. The molecule has 2 aliphatic rings. The van der Waals surface area contributed by atoms with E-state index >= 15 is 0 Å². The van der Waals surface area contributed by atoms with Crippen LogP contribution in [-0.4, -0.2) is 86.2 Å². The molecule has 0 aromatic heterocycles. The van der Waals surface area contributed by atoms with Gasteiger partial charge < -0.3 is 9.64 Å². The highest BCUT2D eigenvalue weighted by atomic mass is 16.5. The van der Waals surface area contributed by atoms with Gasteiger partial charge in [0.05, 0.1) is 12.6 Å². The van der Waals surface area contributed by atoms with Gasteiger partial charge in [-0.05, 0) is 19.8 Å². The molecule has 2 fully saturated rings. The lowest BCUT2D eigenvalue weighted by Crippen LogP contribution is -2.55. The summed E-state index contributed by atoms with van der Waals surface area (Å²) < 4.78 is 5.14. The molecule has 1 aliphatic carbocycles. The molecule has 0 aromatic carbocycles. The van der Waals surface area contributed by atoms with Gasteiger partial charge in [0.25, 0.3) is 0 Å². The highest BCUT2D eigenvalue weighted by Gasteiger charge is 2.30. The number of piperazine rings is 1. The van der Waals surface area contributed by atoms with Gasteiger partial charge in [0.1, 0.15) is 0 Å². The number of likely N-dealkylation sites (N-methyl/N-ethyl adjacent to an activating group) is 1. The molecule has 1 atom stereocenters. The molecule has 1 aliphatic heterocycles. The second-order valence-electron chi connectivity index (χ2n) is 6.79. The summed E-state index contributed by atoms with van der Waals surface area (Å²) in [5.74, 6) is 0.303. The van der Waals surface area contributed by atoms with E-state index in [0.29, 0.717) is 11.9 Å². The van der Waals surface area contributed by atoms with Gasteiger partial charge in [0, 0.05) is 52.9 Å². The molecule has 22 heavy (non-hydrogen) atoms. The number of ether oxygens (including phenoxy) is 1. The number of rotatable bonds is 6. The predicted molar refractivity (Wildman–Crippen MR) is 89.0 cm³/mol. The van der Waals surface area contributed by atoms with Crippen molar-refractivity contribution >= 4 is 5.91 Å². The van der Waals surface area contributed by atoms with Gasteiger partial charge in [-0.2, -0.15) is 0 Å². The van der Waals surface area contributed by atoms with E-state index in [1.807, 2.05) is 11.9 Å². The van der Waals surface area contributed by atoms with Crippen LogP contribution in [0.4, 0.5) is 0 Å². The number of methoxy groups -OCH3 is 1. The molecule has 1 saturated heterocycles. The first kappa shape index (κ1) is 17.7. The van der Waals surface area contributed by atoms with Crippen molar-refractivity contribution in [1.29, 1.82) is 0 Å². The first-order valence-corrected chi connectivity index (χ1v) is 8.85. The standard InChI is InChI=1S/C17H33N3O2/c1-15(17(21)18(2)16-7-5-4-6-8-16)20-11-9-19(10-12-20)13-14-22-3/h15-16H,4-14H2,1-3H3/t15-/m0/s1. The first-order valence-electron chi connectivity index (χ1n) is 8.85.